The Balaban J connectivity index is 1.67. The minimum absolute atomic E-state index is 0.00106. The Bertz CT molecular complexity index is 1370. The van der Waals surface area contributed by atoms with Crippen molar-refractivity contribution in [1.82, 2.24) is 14.5 Å². The molecule has 0 aliphatic carbocycles. The highest BCUT2D eigenvalue weighted by atomic mass is 32.2. The lowest BCUT2D eigenvalue weighted by Gasteiger charge is -2.15. The lowest BCUT2D eigenvalue weighted by molar-refractivity contribution is 0.243. The number of hydrogen-bond donors (Lipinski definition) is 2. The van der Waals surface area contributed by atoms with Crippen LogP contribution in [-0.4, -0.2) is 29.1 Å². The number of aryl methyl sites for hydroxylation is 2. The highest BCUT2D eigenvalue weighted by molar-refractivity contribution is 7.89. The quantitative estimate of drug-likeness (QED) is 0.449. The molecule has 8 nitrogen and oxygen atoms in total. The third kappa shape index (κ3) is 4.41. The number of nitrogens with zero attached hydrogens (tertiary/aromatic N) is 3. The lowest BCUT2D eigenvalue weighted by atomic mass is 10.1. The van der Waals surface area contributed by atoms with Crippen LogP contribution in [0.3, 0.4) is 0 Å². The molecule has 4 aromatic rings. The molecule has 0 saturated heterocycles. The molecule has 0 bridgehead atoms. The van der Waals surface area contributed by atoms with E-state index in [2.05, 4.69) is 15.3 Å². The maximum absolute atomic E-state index is 11.8. The summed E-state index contributed by atoms with van der Waals surface area (Å²) in [5.41, 5.74) is 4.20. The number of thiazole rings is 1. The monoisotopic (exact) mass is 457 g/mol. The van der Waals surface area contributed by atoms with Gasteiger partial charge in [0.05, 0.1) is 33.4 Å². The fourth-order valence-corrected chi connectivity index (χ4v) is 4.47. The Morgan fingerprint density at radius 1 is 1.16 bits per heavy atom. The molecule has 2 aromatic carbocycles. The lowest BCUT2D eigenvalue weighted by Crippen LogP contribution is -2.13. The number of nitrogens with one attached hydrogen (secondary N) is 1. The van der Waals surface area contributed by atoms with E-state index in [1.165, 1.54) is 23.5 Å². The minimum atomic E-state index is -3.84. The summed E-state index contributed by atoms with van der Waals surface area (Å²) < 4.78 is 31.4. The highest BCUT2D eigenvalue weighted by Gasteiger charge is 2.15. The fraction of sp³-hybridized carbons (Fsp3) is 0.238. The second-order valence-electron chi connectivity index (χ2n) is 7.45. The number of fused-ring (bicyclic) bond motifs is 1. The zero-order valence-corrected chi connectivity index (χ0v) is 19.2. The molecule has 10 heteroatoms. The molecule has 0 radical (unpaired) electrons. The molecule has 0 aliphatic heterocycles. The van der Waals surface area contributed by atoms with Crippen LogP contribution in [0.15, 0.2) is 46.7 Å². The summed E-state index contributed by atoms with van der Waals surface area (Å²) in [4.78, 5) is 9.24. The van der Waals surface area contributed by atoms with Crippen LogP contribution in [0.2, 0.25) is 0 Å². The van der Waals surface area contributed by atoms with E-state index in [-0.39, 0.29) is 11.0 Å². The van der Waals surface area contributed by atoms with Crippen molar-refractivity contribution in [2.45, 2.75) is 31.8 Å². The molecule has 31 heavy (non-hydrogen) atoms. The highest BCUT2D eigenvalue weighted by Crippen LogP contribution is 2.34. The Labute approximate surface area is 184 Å². The summed E-state index contributed by atoms with van der Waals surface area (Å²) in [7, 11) is -1.86. The molecule has 0 unspecified atom stereocenters. The number of hydrogen-bond acceptors (Lipinski definition) is 7. The van der Waals surface area contributed by atoms with Gasteiger partial charge in [0, 0.05) is 18.0 Å². The SMILES string of the molecule is Cc1nc2cc(-c3csc(Nc4cc(S(N)(=O)=O)ccc4OC(C)C)n3)ccc2n1C. The number of benzene rings is 2. The van der Waals surface area contributed by atoms with Crippen LogP contribution >= 0.6 is 11.3 Å². The van der Waals surface area contributed by atoms with Gasteiger partial charge in [-0.2, -0.15) is 0 Å². The number of rotatable bonds is 6. The molecule has 2 heterocycles. The third-order valence-corrected chi connectivity index (χ3v) is 6.46. The molecule has 0 spiro atoms. The van der Waals surface area contributed by atoms with Gasteiger partial charge < -0.3 is 14.6 Å². The van der Waals surface area contributed by atoms with Crippen LogP contribution < -0.4 is 15.2 Å². The number of aromatic nitrogens is 3. The van der Waals surface area contributed by atoms with Crippen molar-refractivity contribution in [1.29, 1.82) is 0 Å². The molecule has 0 saturated carbocycles. The van der Waals surface area contributed by atoms with Gasteiger partial charge in [-0.05, 0) is 51.1 Å². The topological polar surface area (TPSA) is 112 Å². The summed E-state index contributed by atoms with van der Waals surface area (Å²) in [5, 5.41) is 11.0. The molecule has 162 valence electrons. The van der Waals surface area contributed by atoms with Crippen molar-refractivity contribution in [2.75, 3.05) is 5.32 Å². The van der Waals surface area contributed by atoms with Crippen LogP contribution in [0, 0.1) is 6.92 Å². The van der Waals surface area contributed by atoms with Gasteiger partial charge >= 0.3 is 0 Å². The maximum Gasteiger partial charge on any atom is 0.238 e. The Hall–Kier alpha value is -2.95. The van der Waals surface area contributed by atoms with Gasteiger partial charge in [-0.1, -0.05) is 6.07 Å². The average Bonchev–Trinajstić information content (AvgIpc) is 3.26. The van der Waals surface area contributed by atoms with E-state index in [1.807, 2.05) is 56.0 Å². The van der Waals surface area contributed by atoms with Crippen molar-refractivity contribution >= 4 is 43.2 Å². The van der Waals surface area contributed by atoms with E-state index in [9.17, 15) is 8.42 Å². The zero-order valence-electron chi connectivity index (χ0n) is 17.6. The first-order valence-electron chi connectivity index (χ1n) is 9.61. The van der Waals surface area contributed by atoms with E-state index >= 15 is 0 Å². The number of ether oxygens (including phenoxy) is 1. The van der Waals surface area contributed by atoms with Crippen molar-refractivity contribution < 1.29 is 13.2 Å². The normalized spacial score (nSPS) is 11.9. The molecule has 4 rings (SSSR count). The van der Waals surface area contributed by atoms with E-state index in [4.69, 9.17) is 9.88 Å². The maximum atomic E-state index is 11.8. The Morgan fingerprint density at radius 3 is 2.65 bits per heavy atom. The number of imidazole rings is 1. The molecule has 2 aromatic heterocycles. The Kier molecular flexibility index (Phi) is 5.46. The first-order valence-corrected chi connectivity index (χ1v) is 12.0. The summed E-state index contributed by atoms with van der Waals surface area (Å²) >= 11 is 1.41. The first-order chi connectivity index (χ1) is 14.6. The summed E-state index contributed by atoms with van der Waals surface area (Å²) in [5.74, 6) is 1.46. The smallest absolute Gasteiger partial charge is 0.238 e. The van der Waals surface area contributed by atoms with Gasteiger partial charge in [0.25, 0.3) is 0 Å². The van der Waals surface area contributed by atoms with Gasteiger partial charge in [0.2, 0.25) is 10.0 Å². The van der Waals surface area contributed by atoms with Gasteiger partial charge in [0.1, 0.15) is 11.6 Å². The van der Waals surface area contributed by atoms with Crippen molar-refractivity contribution in [3.8, 4) is 17.0 Å². The van der Waals surface area contributed by atoms with Crippen molar-refractivity contribution in [2.24, 2.45) is 12.2 Å². The zero-order chi connectivity index (χ0) is 22.3. The summed E-state index contributed by atoms with van der Waals surface area (Å²) in [6, 6.07) is 10.5. The van der Waals surface area contributed by atoms with Crippen molar-refractivity contribution in [3.05, 3.63) is 47.6 Å². The number of primary sulfonamides is 1. The molecule has 0 fully saturated rings. The molecule has 0 aliphatic rings. The number of anilines is 2. The van der Waals surface area contributed by atoms with Gasteiger partial charge in [-0.15, -0.1) is 11.3 Å². The predicted molar refractivity (Wildman–Crippen MR) is 123 cm³/mol. The average molecular weight is 458 g/mol. The standard InChI is InChI=1S/C21H23N5O3S2/c1-12(2)29-20-8-6-15(31(22,27)28)10-17(20)24-21-25-18(11-30-21)14-5-7-19-16(9-14)23-13(3)26(19)4/h5-12H,1-4H3,(H,24,25)(H2,22,27,28). The van der Waals surface area contributed by atoms with E-state index in [0.717, 1.165) is 28.1 Å². The summed E-state index contributed by atoms with van der Waals surface area (Å²) in [6.07, 6.45) is -0.0821. The van der Waals surface area contributed by atoms with Gasteiger partial charge in [0.15, 0.2) is 5.13 Å². The predicted octanol–water partition coefficient (Wildman–Crippen LogP) is 4.18. The van der Waals surface area contributed by atoms with E-state index in [0.29, 0.717) is 16.6 Å². The molecular weight excluding hydrogens is 434 g/mol. The Morgan fingerprint density at radius 2 is 1.94 bits per heavy atom. The second kappa shape index (κ2) is 7.95. The number of nitrogens with two attached hydrogens (primary N) is 1. The van der Waals surface area contributed by atoms with E-state index < -0.39 is 10.0 Å². The largest absolute Gasteiger partial charge is 0.489 e. The molecule has 3 N–H and O–H groups in total. The van der Waals surface area contributed by atoms with Crippen LogP contribution in [0.1, 0.15) is 19.7 Å². The molecule has 0 atom stereocenters. The summed E-state index contributed by atoms with van der Waals surface area (Å²) in [6.45, 7) is 5.76. The van der Waals surface area contributed by atoms with Gasteiger partial charge in [-0.3, -0.25) is 0 Å². The molecule has 0 amide bonds. The number of sulfonamides is 1. The minimum Gasteiger partial charge on any atom is -0.489 e. The van der Waals surface area contributed by atoms with E-state index in [1.54, 1.807) is 6.07 Å². The second-order valence-corrected chi connectivity index (χ2v) is 9.87. The fourth-order valence-electron chi connectivity index (χ4n) is 3.20. The van der Waals surface area contributed by atoms with Crippen LogP contribution in [0.25, 0.3) is 22.3 Å². The van der Waals surface area contributed by atoms with Crippen LogP contribution in [0.5, 0.6) is 5.75 Å². The van der Waals surface area contributed by atoms with Gasteiger partial charge in [-0.25, -0.2) is 23.5 Å². The van der Waals surface area contributed by atoms with Crippen LogP contribution in [0.4, 0.5) is 10.8 Å². The van der Waals surface area contributed by atoms with Crippen molar-refractivity contribution in [3.63, 3.8) is 0 Å². The van der Waals surface area contributed by atoms with Crippen LogP contribution in [-0.2, 0) is 17.1 Å². The third-order valence-electron chi connectivity index (χ3n) is 4.79. The first kappa shape index (κ1) is 21.3. The molecular formula is C21H23N5O3S2.